The van der Waals surface area contributed by atoms with E-state index in [4.69, 9.17) is 5.73 Å². The molecule has 1 heterocycles. The monoisotopic (exact) mass is 278 g/mol. The number of hydrogen-bond acceptors (Lipinski definition) is 3. The fraction of sp³-hybridized carbons (Fsp3) is 0.200. The largest absolute Gasteiger partial charge is 0.323 e. The summed E-state index contributed by atoms with van der Waals surface area (Å²) in [5.74, 6) is -10.3. The standard InChI is InChI=1S/C10H7F5N4/c1-3(16)4-2-19(18-17-4)10-8(14)6(12)5(11)7(13)9(10)15/h2-3H,16H2,1H3. The number of benzene rings is 1. The Morgan fingerprint density at radius 2 is 1.47 bits per heavy atom. The molecule has 0 aliphatic heterocycles. The molecule has 102 valence electrons. The van der Waals surface area contributed by atoms with Crippen molar-refractivity contribution in [2.75, 3.05) is 0 Å². The first kappa shape index (κ1) is 13.4. The van der Waals surface area contributed by atoms with Crippen molar-refractivity contribution in [1.82, 2.24) is 15.0 Å². The van der Waals surface area contributed by atoms with E-state index < -0.39 is 40.8 Å². The van der Waals surface area contributed by atoms with Crippen LogP contribution in [-0.4, -0.2) is 15.0 Å². The fourth-order valence-corrected chi connectivity index (χ4v) is 1.39. The minimum absolute atomic E-state index is 0.143. The molecule has 0 saturated carbocycles. The fourth-order valence-electron chi connectivity index (χ4n) is 1.39. The van der Waals surface area contributed by atoms with Gasteiger partial charge in [-0.25, -0.2) is 26.6 Å². The first-order valence-electron chi connectivity index (χ1n) is 5.04. The van der Waals surface area contributed by atoms with E-state index in [2.05, 4.69) is 10.3 Å². The normalized spacial score (nSPS) is 12.8. The summed E-state index contributed by atoms with van der Waals surface area (Å²) in [4.78, 5) is 0. The molecule has 2 rings (SSSR count). The molecule has 0 spiro atoms. The van der Waals surface area contributed by atoms with E-state index in [0.29, 0.717) is 4.68 Å². The molecule has 0 saturated heterocycles. The SMILES string of the molecule is CC(N)c1cn(-c2c(F)c(F)c(F)c(F)c2F)nn1. The first-order valence-corrected chi connectivity index (χ1v) is 5.04. The lowest BCUT2D eigenvalue weighted by molar-refractivity contribution is 0.373. The van der Waals surface area contributed by atoms with Crippen molar-refractivity contribution >= 4 is 0 Å². The van der Waals surface area contributed by atoms with Gasteiger partial charge in [-0.3, -0.25) is 0 Å². The first-order chi connectivity index (χ1) is 8.84. The van der Waals surface area contributed by atoms with Gasteiger partial charge in [-0.05, 0) is 6.92 Å². The number of halogens is 5. The molecule has 2 aromatic rings. The molecule has 0 amide bonds. The summed E-state index contributed by atoms with van der Waals surface area (Å²) < 4.78 is 66.2. The van der Waals surface area contributed by atoms with Crippen molar-refractivity contribution in [3.05, 3.63) is 41.0 Å². The van der Waals surface area contributed by atoms with Crippen LogP contribution in [0.3, 0.4) is 0 Å². The second-order valence-corrected chi connectivity index (χ2v) is 3.80. The Morgan fingerprint density at radius 1 is 1.00 bits per heavy atom. The lowest BCUT2D eigenvalue weighted by Gasteiger charge is -2.07. The van der Waals surface area contributed by atoms with Gasteiger partial charge in [0.05, 0.1) is 11.9 Å². The van der Waals surface area contributed by atoms with E-state index in [-0.39, 0.29) is 5.69 Å². The summed E-state index contributed by atoms with van der Waals surface area (Å²) in [7, 11) is 0. The maximum Gasteiger partial charge on any atom is 0.200 e. The Morgan fingerprint density at radius 3 is 1.89 bits per heavy atom. The highest BCUT2D eigenvalue weighted by molar-refractivity contribution is 5.36. The lowest BCUT2D eigenvalue weighted by atomic mass is 10.2. The van der Waals surface area contributed by atoms with E-state index in [1.165, 1.54) is 6.92 Å². The van der Waals surface area contributed by atoms with Gasteiger partial charge in [0.25, 0.3) is 0 Å². The second-order valence-electron chi connectivity index (χ2n) is 3.80. The van der Waals surface area contributed by atoms with Crippen LogP contribution in [0, 0.1) is 29.1 Å². The third-order valence-corrected chi connectivity index (χ3v) is 2.39. The van der Waals surface area contributed by atoms with Crippen LogP contribution in [0.5, 0.6) is 0 Å². The van der Waals surface area contributed by atoms with Crippen molar-refractivity contribution in [1.29, 1.82) is 0 Å². The van der Waals surface area contributed by atoms with Crippen LogP contribution in [0.2, 0.25) is 0 Å². The molecule has 1 aromatic heterocycles. The third-order valence-electron chi connectivity index (χ3n) is 2.39. The topological polar surface area (TPSA) is 56.7 Å². The maximum absolute atomic E-state index is 13.5. The molecule has 0 fully saturated rings. The van der Waals surface area contributed by atoms with Crippen LogP contribution < -0.4 is 5.73 Å². The van der Waals surface area contributed by atoms with Crippen molar-refractivity contribution in [2.24, 2.45) is 5.73 Å². The van der Waals surface area contributed by atoms with Gasteiger partial charge in [0.1, 0.15) is 5.69 Å². The van der Waals surface area contributed by atoms with Gasteiger partial charge in [-0.15, -0.1) is 5.10 Å². The predicted octanol–water partition coefficient (Wildman–Crippen LogP) is 1.98. The summed E-state index contributed by atoms with van der Waals surface area (Å²) in [5.41, 5.74) is 4.40. The molecule has 1 atom stereocenters. The smallest absolute Gasteiger partial charge is 0.200 e. The quantitative estimate of drug-likeness (QED) is 0.519. The maximum atomic E-state index is 13.5. The van der Waals surface area contributed by atoms with Crippen molar-refractivity contribution in [2.45, 2.75) is 13.0 Å². The van der Waals surface area contributed by atoms with Gasteiger partial charge in [0, 0.05) is 6.04 Å². The highest BCUT2D eigenvalue weighted by atomic mass is 19.2. The molecule has 1 aromatic carbocycles. The van der Waals surface area contributed by atoms with Crippen LogP contribution in [0.25, 0.3) is 5.69 Å². The summed E-state index contributed by atoms with van der Waals surface area (Å²) in [6, 6.07) is -0.602. The van der Waals surface area contributed by atoms with E-state index in [1.807, 2.05) is 0 Å². The molecule has 4 nitrogen and oxygen atoms in total. The predicted molar refractivity (Wildman–Crippen MR) is 53.8 cm³/mol. The Labute approximate surface area is 103 Å². The summed E-state index contributed by atoms with van der Waals surface area (Å²) >= 11 is 0. The zero-order valence-electron chi connectivity index (χ0n) is 9.46. The van der Waals surface area contributed by atoms with Crippen molar-refractivity contribution in [3.8, 4) is 5.69 Å². The number of aromatic nitrogens is 3. The van der Waals surface area contributed by atoms with Crippen molar-refractivity contribution < 1.29 is 22.0 Å². The van der Waals surface area contributed by atoms with Crippen LogP contribution in [-0.2, 0) is 0 Å². The third kappa shape index (κ3) is 2.05. The van der Waals surface area contributed by atoms with E-state index >= 15 is 0 Å². The molecule has 0 bridgehead atoms. The minimum Gasteiger partial charge on any atom is -0.323 e. The zero-order chi connectivity index (χ0) is 14.3. The Hall–Kier alpha value is -2.03. The summed E-state index contributed by atoms with van der Waals surface area (Å²) in [5, 5.41) is 6.76. The van der Waals surface area contributed by atoms with E-state index in [0.717, 1.165) is 6.20 Å². The van der Waals surface area contributed by atoms with Gasteiger partial charge >= 0.3 is 0 Å². The van der Waals surface area contributed by atoms with Crippen molar-refractivity contribution in [3.63, 3.8) is 0 Å². The van der Waals surface area contributed by atoms with Gasteiger partial charge in [0.2, 0.25) is 5.82 Å². The molecular formula is C10H7F5N4. The number of rotatable bonds is 2. The minimum atomic E-state index is -2.23. The van der Waals surface area contributed by atoms with Crippen LogP contribution in [0.1, 0.15) is 18.7 Å². The zero-order valence-corrected chi connectivity index (χ0v) is 9.46. The van der Waals surface area contributed by atoms with Gasteiger partial charge in [0.15, 0.2) is 23.3 Å². The summed E-state index contributed by atoms with van der Waals surface area (Å²) in [6.45, 7) is 1.52. The highest BCUT2D eigenvalue weighted by Crippen LogP contribution is 2.25. The molecule has 9 heteroatoms. The average Bonchev–Trinajstić information content (AvgIpc) is 2.84. The van der Waals surface area contributed by atoms with Gasteiger partial charge in [-0.1, -0.05) is 5.21 Å². The molecule has 19 heavy (non-hydrogen) atoms. The highest BCUT2D eigenvalue weighted by Gasteiger charge is 2.27. The molecule has 2 N–H and O–H groups in total. The Balaban J connectivity index is 2.68. The lowest BCUT2D eigenvalue weighted by Crippen LogP contribution is -2.10. The van der Waals surface area contributed by atoms with Crippen LogP contribution in [0.15, 0.2) is 6.20 Å². The second kappa shape index (κ2) is 4.57. The molecule has 0 radical (unpaired) electrons. The number of nitrogens with two attached hydrogens (primary N) is 1. The number of hydrogen-bond donors (Lipinski definition) is 1. The molecular weight excluding hydrogens is 271 g/mol. The molecule has 1 unspecified atom stereocenters. The van der Waals surface area contributed by atoms with E-state index in [1.54, 1.807) is 0 Å². The molecule has 0 aliphatic rings. The number of nitrogens with zero attached hydrogens (tertiary/aromatic N) is 3. The Kier molecular flexibility index (Phi) is 3.23. The van der Waals surface area contributed by atoms with E-state index in [9.17, 15) is 22.0 Å². The van der Waals surface area contributed by atoms with Gasteiger partial charge in [-0.2, -0.15) is 0 Å². The van der Waals surface area contributed by atoms with Crippen LogP contribution >= 0.6 is 0 Å². The Bertz CT molecular complexity index is 608. The molecule has 0 aliphatic carbocycles. The van der Waals surface area contributed by atoms with Crippen LogP contribution in [0.4, 0.5) is 22.0 Å². The van der Waals surface area contributed by atoms with Gasteiger partial charge < -0.3 is 5.73 Å². The summed E-state index contributed by atoms with van der Waals surface area (Å²) in [6.07, 6.45) is 0.989. The average molecular weight is 278 g/mol.